The summed E-state index contributed by atoms with van der Waals surface area (Å²) < 4.78 is 0. The van der Waals surface area contributed by atoms with Crippen LogP contribution in [0.1, 0.15) is 38.5 Å². The van der Waals surface area contributed by atoms with Crippen LogP contribution in [0.25, 0.3) is 0 Å². The lowest BCUT2D eigenvalue weighted by molar-refractivity contribution is -0.134. The fourth-order valence-corrected chi connectivity index (χ4v) is 4.33. The summed E-state index contributed by atoms with van der Waals surface area (Å²) in [6.45, 7) is 0.961. The second-order valence-corrected chi connectivity index (χ2v) is 6.79. The van der Waals surface area contributed by atoms with Crippen molar-refractivity contribution in [2.45, 2.75) is 49.6 Å². The Balaban J connectivity index is 1.58. The molecule has 2 atom stereocenters. The fourth-order valence-electron chi connectivity index (χ4n) is 3.59. The van der Waals surface area contributed by atoms with Gasteiger partial charge in [0, 0.05) is 18.8 Å². The van der Waals surface area contributed by atoms with Gasteiger partial charge in [0.15, 0.2) is 0 Å². The summed E-state index contributed by atoms with van der Waals surface area (Å²) in [7, 11) is 0. The van der Waals surface area contributed by atoms with Gasteiger partial charge < -0.3 is 4.90 Å². The number of thioether (sulfide) groups is 1. The lowest BCUT2D eigenvalue weighted by atomic mass is 9.78. The number of carbonyl (C=O) groups excluding carboxylic acids is 1. The molecule has 2 aliphatic rings. The molecule has 2 fully saturated rings. The minimum atomic E-state index is 0.303. The van der Waals surface area contributed by atoms with Crippen molar-refractivity contribution in [3.8, 4) is 0 Å². The minimum absolute atomic E-state index is 0.303. The Kier molecular flexibility index (Phi) is 4.61. The topological polar surface area (TPSA) is 33.2 Å². The minimum Gasteiger partial charge on any atom is -0.339 e. The number of hydrogen-bond donors (Lipinski definition) is 0. The molecule has 1 aliphatic carbocycles. The Morgan fingerprint density at radius 2 is 2.10 bits per heavy atom. The van der Waals surface area contributed by atoms with E-state index in [-0.39, 0.29) is 0 Å². The maximum Gasteiger partial charge on any atom is 0.233 e. The van der Waals surface area contributed by atoms with Crippen molar-refractivity contribution in [3.05, 3.63) is 24.4 Å². The van der Waals surface area contributed by atoms with Crippen molar-refractivity contribution in [3.63, 3.8) is 0 Å². The van der Waals surface area contributed by atoms with Gasteiger partial charge in [-0.25, -0.2) is 4.98 Å². The van der Waals surface area contributed by atoms with Gasteiger partial charge in [-0.3, -0.25) is 4.79 Å². The molecule has 4 heteroatoms. The van der Waals surface area contributed by atoms with Crippen LogP contribution in [0.3, 0.4) is 0 Å². The van der Waals surface area contributed by atoms with Gasteiger partial charge in [0.05, 0.1) is 10.8 Å². The fraction of sp³-hybridized carbons (Fsp3) is 0.625. The summed E-state index contributed by atoms with van der Waals surface area (Å²) in [5.41, 5.74) is 0. The normalized spacial score (nSPS) is 26.1. The molecule has 1 aromatic rings. The molecule has 0 spiro atoms. The molecular weight excluding hydrogens is 268 g/mol. The summed E-state index contributed by atoms with van der Waals surface area (Å²) in [6, 6.07) is 6.37. The molecule has 3 nitrogen and oxygen atoms in total. The van der Waals surface area contributed by atoms with Gasteiger partial charge in [-0.1, -0.05) is 30.7 Å². The number of carbonyl (C=O) groups is 1. The highest BCUT2D eigenvalue weighted by Gasteiger charge is 2.35. The molecule has 3 rings (SSSR count). The molecular formula is C16H22N2OS. The van der Waals surface area contributed by atoms with Gasteiger partial charge in [-0.2, -0.15) is 0 Å². The number of pyridine rings is 1. The Bertz CT molecular complexity index is 449. The lowest BCUT2D eigenvalue weighted by Crippen LogP contribution is -2.50. The maximum absolute atomic E-state index is 12.5. The van der Waals surface area contributed by atoms with E-state index < -0.39 is 0 Å². The monoisotopic (exact) mass is 290 g/mol. The van der Waals surface area contributed by atoms with E-state index in [4.69, 9.17) is 0 Å². The number of nitrogens with zero attached hydrogens (tertiary/aromatic N) is 2. The molecule has 2 unspecified atom stereocenters. The SMILES string of the molecule is O=C(CSc1ccccn1)N1CCCC2CCCCC21. The summed E-state index contributed by atoms with van der Waals surface area (Å²) in [6.07, 6.45) is 9.46. The molecule has 1 aliphatic heterocycles. The van der Waals surface area contributed by atoms with E-state index in [1.807, 2.05) is 18.2 Å². The first-order chi connectivity index (χ1) is 9.84. The van der Waals surface area contributed by atoms with Crippen LogP contribution in [0.4, 0.5) is 0 Å². The molecule has 2 heterocycles. The van der Waals surface area contributed by atoms with E-state index in [1.54, 1.807) is 18.0 Å². The molecule has 1 aromatic heterocycles. The van der Waals surface area contributed by atoms with E-state index in [0.717, 1.165) is 17.5 Å². The average Bonchev–Trinajstić information content (AvgIpc) is 2.53. The largest absolute Gasteiger partial charge is 0.339 e. The molecule has 0 aromatic carbocycles. The van der Waals surface area contributed by atoms with Crippen molar-refractivity contribution in [1.82, 2.24) is 9.88 Å². The summed E-state index contributed by atoms with van der Waals surface area (Å²) >= 11 is 1.56. The third-order valence-corrected chi connectivity index (χ3v) is 5.47. The van der Waals surface area contributed by atoms with Crippen LogP contribution in [0.2, 0.25) is 0 Å². The van der Waals surface area contributed by atoms with Crippen molar-refractivity contribution in [2.75, 3.05) is 12.3 Å². The molecule has 0 radical (unpaired) electrons. The number of aromatic nitrogens is 1. The first kappa shape index (κ1) is 13.9. The van der Waals surface area contributed by atoms with Gasteiger partial charge in [-0.15, -0.1) is 0 Å². The molecule has 1 saturated carbocycles. The van der Waals surface area contributed by atoms with E-state index in [2.05, 4.69) is 9.88 Å². The third-order valence-electron chi connectivity index (χ3n) is 4.54. The smallest absolute Gasteiger partial charge is 0.233 e. The zero-order valence-electron chi connectivity index (χ0n) is 11.8. The van der Waals surface area contributed by atoms with Crippen LogP contribution in [0, 0.1) is 5.92 Å². The number of likely N-dealkylation sites (tertiary alicyclic amines) is 1. The predicted octanol–water partition coefficient (Wildman–Crippen LogP) is 3.35. The van der Waals surface area contributed by atoms with Crippen molar-refractivity contribution < 1.29 is 4.79 Å². The Morgan fingerprint density at radius 3 is 2.95 bits per heavy atom. The third kappa shape index (κ3) is 3.17. The second-order valence-electron chi connectivity index (χ2n) is 5.80. The van der Waals surface area contributed by atoms with E-state index in [0.29, 0.717) is 17.7 Å². The van der Waals surface area contributed by atoms with Crippen molar-refractivity contribution >= 4 is 17.7 Å². The van der Waals surface area contributed by atoms with Gasteiger partial charge in [-0.05, 0) is 43.7 Å². The van der Waals surface area contributed by atoms with Gasteiger partial charge in [0.2, 0.25) is 5.91 Å². The number of hydrogen-bond acceptors (Lipinski definition) is 3. The standard InChI is InChI=1S/C16H22N2OS/c19-16(12-20-15-9-3-4-10-17-15)18-11-5-7-13-6-1-2-8-14(13)18/h3-4,9-10,13-14H,1-2,5-8,11-12H2. The van der Waals surface area contributed by atoms with Crippen LogP contribution < -0.4 is 0 Å². The summed E-state index contributed by atoms with van der Waals surface area (Å²) in [4.78, 5) is 18.9. The van der Waals surface area contributed by atoms with Crippen LogP contribution in [0.15, 0.2) is 29.4 Å². The summed E-state index contributed by atoms with van der Waals surface area (Å²) in [5, 5.41) is 0.943. The molecule has 1 saturated heterocycles. The van der Waals surface area contributed by atoms with Crippen LogP contribution in [0.5, 0.6) is 0 Å². The van der Waals surface area contributed by atoms with Gasteiger partial charge in [0.1, 0.15) is 0 Å². The maximum atomic E-state index is 12.5. The first-order valence-electron chi connectivity index (χ1n) is 7.68. The average molecular weight is 290 g/mol. The number of fused-ring (bicyclic) bond motifs is 1. The molecule has 1 amide bonds. The van der Waals surface area contributed by atoms with E-state index >= 15 is 0 Å². The number of amides is 1. The van der Waals surface area contributed by atoms with Crippen molar-refractivity contribution in [2.24, 2.45) is 5.92 Å². The Labute approximate surface area is 125 Å². The number of rotatable bonds is 3. The highest BCUT2D eigenvalue weighted by atomic mass is 32.2. The lowest BCUT2D eigenvalue weighted by Gasteiger charge is -2.44. The zero-order valence-corrected chi connectivity index (χ0v) is 12.6. The quantitative estimate of drug-likeness (QED) is 0.800. The van der Waals surface area contributed by atoms with Gasteiger partial charge >= 0.3 is 0 Å². The van der Waals surface area contributed by atoms with Crippen LogP contribution in [-0.4, -0.2) is 34.1 Å². The highest BCUT2D eigenvalue weighted by molar-refractivity contribution is 7.99. The Morgan fingerprint density at radius 1 is 1.25 bits per heavy atom. The van der Waals surface area contributed by atoms with Crippen molar-refractivity contribution in [1.29, 1.82) is 0 Å². The molecule has 20 heavy (non-hydrogen) atoms. The second kappa shape index (κ2) is 6.61. The predicted molar refractivity (Wildman–Crippen MR) is 81.7 cm³/mol. The van der Waals surface area contributed by atoms with Crippen LogP contribution >= 0.6 is 11.8 Å². The number of piperidine rings is 1. The summed E-state index contributed by atoms with van der Waals surface area (Å²) in [5.74, 6) is 1.60. The van der Waals surface area contributed by atoms with Crippen LogP contribution in [-0.2, 0) is 4.79 Å². The van der Waals surface area contributed by atoms with E-state index in [9.17, 15) is 4.79 Å². The molecule has 0 N–H and O–H groups in total. The first-order valence-corrected chi connectivity index (χ1v) is 8.66. The molecule has 0 bridgehead atoms. The zero-order chi connectivity index (χ0) is 13.8. The van der Waals surface area contributed by atoms with Gasteiger partial charge in [0.25, 0.3) is 0 Å². The van der Waals surface area contributed by atoms with E-state index in [1.165, 1.54) is 38.5 Å². The highest BCUT2D eigenvalue weighted by Crippen LogP contribution is 2.35. The Hall–Kier alpha value is -1.03. The molecule has 108 valence electrons.